The molecule has 0 amide bonds. The van der Waals surface area contributed by atoms with E-state index in [9.17, 15) is 0 Å². The topological polar surface area (TPSA) is 39.7 Å². The standard InChI is InChI=1S/C13H27NO3/c1-13(2,3)14-9-11-5-6-12(17-11)10-16-8-7-15-4/h11-12,14H,5-10H2,1-4H3. The van der Waals surface area contributed by atoms with Crippen LogP contribution in [-0.4, -0.2) is 51.2 Å². The first kappa shape index (κ1) is 14.9. The Balaban J connectivity index is 2.06. The van der Waals surface area contributed by atoms with Gasteiger partial charge in [-0.15, -0.1) is 0 Å². The number of ether oxygens (including phenoxy) is 3. The van der Waals surface area contributed by atoms with E-state index in [0.717, 1.165) is 19.4 Å². The third kappa shape index (κ3) is 6.99. The lowest BCUT2D eigenvalue weighted by Crippen LogP contribution is -2.41. The van der Waals surface area contributed by atoms with Gasteiger partial charge < -0.3 is 19.5 Å². The van der Waals surface area contributed by atoms with Crippen LogP contribution in [0.3, 0.4) is 0 Å². The van der Waals surface area contributed by atoms with E-state index in [1.165, 1.54) is 0 Å². The molecule has 1 rings (SSSR count). The summed E-state index contributed by atoms with van der Waals surface area (Å²) in [5.74, 6) is 0. The second-order valence-electron chi connectivity index (χ2n) is 5.66. The molecule has 1 N–H and O–H groups in total. The van der Waals surface area contributed by atoms with E-state index in [-0.39, 0.29) is 11.6 Å². The molecule has 4 nitrogen and oxygen atoms in total. The molecule has 0 radical (unpaired) electrons. The highest BCUT2D eigenvalue weighted by molar-refractivity contribution is 4.79. The predicted molar refractivity (Wildman–Crippen MR) is 68.3 cm³/mol. The maximum atomic E-state index is 5.91. The molecule has 1 saturated heterocycles. The Morgan fingerprint density at radius 1 is 1.18 bits per heavy atom. The SMILES string of the molecule is COCCOCC1CCC(CNC(C)(C)C)O1. The third-order valence-electron chi connectivity index (χ3n) is 2.79. The Kier molecular flexibility index (Phi) is 6.41. The minimum absolute atomic E-state index is 0.163. The van der Waals surface area contributed by atoms with Crippen LogP contribution in [0.4, 0.5) is 0 Å². The first-order valence-electron chi connectivity index (χ1n) is 6.48. The quantitative estimate of drug-likeness (QED) is 0.691. The zero-order valence-corrected chi connectivity index (χ0v) is 11.6. The highest BCUT2D eigenvalue weighted by Crippen LogP contribution is 2.20. The first-order valence-corrected chi connectivity index (χ1v) is 6.48. The van der Waals surface area contributed by atoms with Gasteiger partial charge >= 0.3 is 0 Å². The van der Waals surface area contributed by atoms with Gasteiger partial charge in [-0.3, -0.25) is 0 Å². The molecular formula is C13H27NO3. The van der Waals surface area contributed by atoms with E-state index < -0.39 is 0 Å². The van der Waals surface area contributed by atoms with E-state index in [2.05, 4.69) is 26.1 Å². The largest absolute Gasteiger partial charge is 0.382 e. The molecule has 0 aromatic rings. The van der Waals surface area contributed by atoms with Gasteiger partial charge in [-0.05, 0) is 33.6 Å². The smallest absolute Gasteiger partial charge is 0.0813 e. The summed E-state index contributed by atoms with van der Waals surface area (Å²) in [6.07, 6.45) is 2.83. The van der Waals surface area contributed by atoms with Gasteiger partial charge in [0.25, 0.3) is 0 Å². The van der Waals surface area contributed by atoms with E-state index in [1.54, 1.807) is 7.11 Å². The molecule has 0 aliphatic carbocycles. The lowest BCUT2D eigenvalue weighted by atomic mass is 10.1. The molecule has 0 saturated carbocycles. The van der Waals surface area contributed by atoms with Crippen LogP contribution in [0.5, 0.6) is 0 Å². The Morgan fingerprint density at radius 3 is 2.53 bits per heavy atom. The average Bonchev–Trinajstić information content (AvgIpc) is 2.69. The van der Waals surface area contributed by atoms with Gasteiger partial charge in [0, 0.05) is 19.2 Å². The van der Waals surface area contributed by atoms with Crippen molar-refractivity contribution in [1.82, 2.24) is 5.32 Å². The minimum atomic E-state index is 0.163. The summed E-state index contributed by atoms with van der Waals surface area (Å²) >= 11 is 0. The van der Waals surface area contributed by atoms with Crippen LogP contribution in [0.25, 0.3) is 0 Å². The van der Waals surface area contributed by atoms with Gasteiger partial charge in [0.05, 0.1) is 32.0 Å². The van der Waals surface area contributed by atoms with Gasteiger partial charge in [-0.1, -0.05) is 0 Å². The minimum Gasteiger partial charge on any atom is -0.382 e. The molecule has 1 fully saturated rings. The number of rotatable bonds is 7. The van der Waals surface area contributed by atoms with Crippen molar-refractivity contribution in [2.24, 2.45) is 0 Å². The van der Waals surface area contributed by atoms with E-state index in [1.807, 2.05) is 0 Å². The summed E-state index contributed by atoms with van der Waals surface area (Å²) in [4.78, 5) is 0. The second kappa shape index (κ2) is 7.31. The molecule has 0 bridgehead atoms. The molecule has 1 aliphatic heterocycles. The fourth-order valence-corrected chi connectivity index (χ4v) is 1.83. The van der Waals surface area contributed by atoms with Crippen LogP contribution in [-0.2, 0) is 14.2 Å². The summed E-state index contributed by atoms with van der Waals surface area (Å²) < 4.78 is 16.3. The summed E-state index contributed by atoms with van der Waals surface area (Å²) in [7, 11) is 1.68. The lowest BCUT2D eigenvalue weighted by Gasteiger charge is -2.23. The fraction of sp³-hybridized carbons (Fsp3) is 1.00. The highest BCUT2D eigenvalue weighted by atomic mass is 16.6. The normalized spacial score (nSPS) is 25.4. The van der Waals surface area contributed by atoms with Crippen LogP contribution in [0.15, 0.2) is 0 Å². The van der Waals surface area contributed by atoms with Crippen molar-refractivity contribution >= 4 is 0 Å². The van der Waals surface area contributed by atoms with Gasteiger partial charge in [-0.25, -0.2) is 0 Å². The van der Waals surface area contributed by atoms with Crippen molar-refractivity contribution in [3.63, 3.8) is 0 Å². The van der Waals surface area contributed by atoms with Crippen LogP contribution >= 0.6 is 0 Å². The van der Waals surface area contributed by atoms with Crippen LogP contribution in [0.2, 0.25) is 0 Å². The van der Waals surface area contributed by atoms with Crippen molar-refractivity contribution in [2.45, 2.75) is 51.4 Å². The van der Waals surface area contributed by atoms with Gasteiger partial charge in [-0.2, -0.15) is 0 Å². The molecule has 17 heavy (non-hydrogen) atoms. The molecule has 2 unspecified atom stereocenters. The van der Waals surface area contributed by atoms with Crippen molar-refractivity contribution in [2.75, 3.05) is 33.5 Å². The molecule has 2 atom stereocenters. The molecule has 1 aliphatic rings. The van der Waals surface area contributed by atoms with Crippen LogP contribution in [0, 0.1) is 0 Å². The molecule has 0 aromatic heterocycles. The van der Waals surface area contributed by atoms with Crippen LogP contribution < -0.4 is 5.32 Å². The predicted octanol–water partition coefficient (Wildman–Crippen LogP) is 1.59. The monoisotopic (exact) mass is 245 g/mol. The van der Waals surface area contributed by atoms with E-state index in [4.69, 9.17) is 14.2 Å². The maximum Gasteiger partial charge on any atom is 0.0813 e. The van der Waals surface area contributed by atoms with Crippen LogP contribution in [0.1, 0.15) is 33.6 Å². The summed E-state index contributed by atoms with van der Waals surface area (Å²) in [5.41, 5.74) is 0.163. The summed E-state index contributed by atoms with van der Waals surface area (Å²) in [5, 5.41) is 3.47. The Labute approximate surface area is 105 Å². The van der Waals surface area contributed by atoms with Crippen molar-refractivity contribution in [1.29, 1.82) is 0 Å². The molecule has 0 aromatic carbocycles. The Hall–Kier alpha value is -0.160. The third-order valence-corrected chi connectivity index (χ3v) is 2.79. The first-order chi connectivity index (χ1) is 8.01. The number of nitrogens with one attached hydrogen (secondary N) is 1. The summed E-state index contributed by atoms with van der Waals surface area (Å²) in [6, 6.07) is 0. The number of hydrogen-bond acceptors (Lipinski definition) is 4. The van der Waals surface area contributed by atoms with Crippen molar-refractivity contribution in [3.05, 3.63) is 0 Å². The lowest BCUT2D eigenvalue weighted by molar-refractivity contribution is -0.0254. The Morgan fingerprint density at radius 2 is 1.88 bits per heavy atom. The Bertz CT molecular complexity index is 203. The molecule has 4 heteroatoms. The summed E-state index contributed by atoms with van der Waals surface area (Å²) in [6.45, 7) is 9.45. The van der Waals surface area contributed by atoms with Gasteiger partial charge in [0.1, 0.15) is 0 Å². The zero-order chi connectivity index (χ0) is 12.7. The molecule has 0 spiro atoms. The van der Waals surface area contributed by atoms with Crippen molar-refractivity contribution in [3.8, 4) is 0 Å². The zero-order valence-electron chi connectivity index (χ0n) is 11.6. The number of hydrogen-bond donors (Lipinski definition) is 1. The van der Waals surface area contributed by atoms with Crippen molar-refractivity contribution < 1.29 is 14.2 Å². The number of methoxy groups -OCH3 is 1. The fourth-order valence-electron chi connectivity index (χ4n) is 1.83. The maximum absolute atomic E-state index is 5.91. The highest BCUT2D eigenvalue weighted by Gasteiger charge is 2.26. The van der Waals surface area contributed by atoms with E-state index >= 15 is 0 Å². The van der Waals surface area contributed by atoms with Gasteiger partial charge in [0.15, 0.2) is 0 Å². The van der Waals surface area contributed by atoms with E-state index in [0.29, 0.717) is 25.9 Å². The molecule has 102 valence electrons. The molecular weight excluding hydrogens is 218 g/mol. The molecule has 1 heterocycles. The average molecular weight is 245 g/mol. The second-order valence-corrected chi connectivity index (χ2v) is 5.66. The van der Waals surface area contributed by atoms with Gasteiger partial charge in [0.2, 0.25) is 0 Å².